The lowest BCUT2D eigenvalue weighted by Gasteiger charge is -2.25. The zero-order valence-corrected chi connectivity index (χ0v) is 50.5. The summed E-state index contributed by atoms with van der Waals surface area (Å²) in [5.41, 5.74) is 0. The van der Waals surface area contributed by atoms with Gasteiger partial charge in [0.15, 0.2) is 6.10 Å². The third kappa shape index (κ3) is 60.4. The number of unbranched alkanes of at least 4 members (excludes halogenated alkanes) is 13. The molecule has 0 aromatic carbocycles. The van der Waals surface area contributed by atoms with Crippen molar-refractivity contribution in [3.05, 3.63) is 158 Å². The van der Waals surface area contributed by atoms with E-state index < -0.39 is 24.3 Å². The molecule has 9 heteroatoms. The van der Waals surface area contributed by atoms with Gasteiger partial charge in [-0.25, -0.2) is 4.79 Å². The second-order valence-electron chi connectivity index (χ2n) is 20.9. The third-order valence-corrected chi connectivity index (χ3v) is 12.3. The van der Waals surface area contributed by atoms with Gasteiger partial charge in [-0.2, -0.15) is 0 Å². The van der Waals surface area contributed by atoms with Gasteiger partial charge in [0.25, 0.3) is 6.29 Å². The second kappa shape index (κ2) is 59.0. The van der Waals surface area contributed by atoms with Gasteiger partial charge < -0.3 is 28.5 Å². The summed E-state index contributed by atoms with van der Waals surface area (Å²) < 4.78 is 22.8. The second-order valence-corrected chi connectivity index (χ2v) is 20.9. The Morgan fingerprint density at radius 2 is 0.684 bits per heavy atom. The van der Waals surface area contributed by atoms with Crippen molar-refractivity contribution in [1.82, 2.24) is 0 Å². The summed E-state index contributed by atoms with van der Waals surface area (Å²) in [6.45, 7) is 4.59. The molecule has 0 aliphatic heterocycles. The number of hydrogen-bond donors (Lipinski definition) is 1. The van der Waals surface area contributed by atoms with Crippen LogP contribution < -0.4 is 0 Å². The first-order valence-electron chi connectivity index (χ1n) is 30.6. The highest BCUT2D eigenvalue weighted by atomic mass is 16.7. The first kappa shape index (κ1) is 73.9. The van der Waals surface area contributed by atoms with E-state index in [0.717, 1.165) is 148 Å². The minimum atomic E-state index is -1.53. The van der Waals surface area contributed by atoms with Gasteiger partial charge in [-0.3, -0.25) is 9.59 Å². The summed E-state index contributed by atoms with van der Waals surface area (Å²) in [4.78, 5) is 37.4. The van der Waals surface area contributed by atoms with Crippen molar-refractivity contribution < 1.29 is 42.9 Å². The van der Waals surface area contributed by atoms with E-state index in [2.05, 4.69) is 172 Å². The molecule has 1 N–H and O–H groups in total. The Kier molecular flexibility index (Phi) is 55.2. The molecule has 0 aliphatic carbocycles. The molecule has 0 aromatic heterocycles. The molecule has 0 radical (unpaired) electrons. The number of allylic oxidation sites excluding steroid dienone is 26. The van der Waals surface area contributed by atoms with Crippen LogP contribution in [-0.2, 0) is 33.3 Å². The SMILES string of the molecule is CC/C=C\C/C=C\C/C=C\C/C=C\C/C=C\C/C=C\C/C=C\C/C=C\C/C=C\C/C=C\CCCCCCCCCCC(=O)OC(COC(=O)CCCCCCC/C=C\C/C=C\C/C=C\CC)COC(OCC[N+](C)(C)C)C(=O)O. The third-order valence-electron chi connectivity index (χ3n) is 12.3. The molecular formula is C70H112NO8+. The molecule has 0 rings (SSSR count). The predicted octanol–water partition coefficient (Wildman–Crippen LogP) is 18.6. The molecule has 444 valence electrons. The molecule has 0 saturated heterocycles. The van der Waals surface area contributed by atoms with Crippen LogP contribution in [0, 0.1) is 0 Å². The molecule has 0 aliphatic rings. The van der Waals surface area contributed by atoms with Gasteiger partial charge in [0.2, 0.25) is 0 Å². The molecule has 0 spiro atoms. The molecule has 2 unspecified atom stereocenters. The minimum Gasteiger partial charge on any atom is -0.477 e. The van der Waals surface area contributed by atoms with E-state index in [0.29, 0.717) is 17.4 Å². The summed E-state index contributed by atoms with van der Waals surface area (Å²) in [7, 11) is 5.94. The number of carbonyl (C=O) groups excluding carboxylic acids is 2. The Hall–Kier alpha value is -5.09. The summed E-state index contributed by atoms with van der Waals surface area (Å²) >= 11 is 0. The molecule has 0 aromatic rings. The van der Waals surface area contributed by atoms with Crippen LogP contribution in [0.25, 0.3) is 0 Å². The quantitative estimate of drug-likeness (QED) is 0.0211. The Morgan fingerprint density at radius 1 is 0.380 bits per heavy atom. The van der Waals surface area contributed by atoms with Crippen molar-refractivity contribution >= 4 is 17.9 Å². The fourth-order valence-electron chi connectivity index (χ4n) is 7.64. The van der Waals surface area contributed by atoms with Crippen molar-refractivity contribution in [3.63, 3.8) is 0 Å². The van der Waals surface area contributed by atoms with E-state index in [1.54, 1.807) is 0 Å². The molecule has 9 nitrogen and oxygen atoms in total. The highest BCUT2D eigenvalue weighted by Crippen LogP contribution is 2.14. The van der Waals surface area contributed by atoms with E-state index >= 15 is 0 Å². The van der Waals surface area contributed by atoms with Gasteiger partial charge >= 0.3 is 17.9 Å². The lowest BCUT2D eigenvalue weighted by molar-refractivity contribution is -0.870. The van der Waals surface area contributed by atoms with Crippen molar-refractivity contribution in [2.24, 2.45) is 0 Å². The molecule has 0 bridgehead atoms. The number of aliphatic carboxylic acids is 1. The number of likely N-dealkylation sites (N-methyl/N-ethyl adjacent to an activating group) is 1. The number of carbonyl (C=O) groups is 3. The van der Waals surface area contributed by atoms with Crippen molar-refractivity contribution in [3.8, 4) is 0 Å². The maximum atomic E-state index is 12.9. The Morgan fingerprint density at radius 3 is 1.01 bits per heavy atom. The fourth-order valence-corrected chi connectivity index (χ4v) is 7.64. The molecular weight excluding hydrogens is 983 g/mol. The molecule has 0 heterocycles. The number of carboxylic acid groups (broad SMARTS) is 1. The van der Waals surface area contributed by atoms with Gasteiger partial charge in [0.05, 0.1) is 34.4 Å². The minimum absolute atomic E-state index is 0.174. The van der Waals surface area contributed by atoms with E-state index in [1.807, 2.05) is 21.1 Å². The largest absolute Gasteiger partial charge is 0.477 e. The zero-order chi connectivity index (χ0) is 57.6. The van der Waals surface area contributed by atoms with Crippen molar-refractivity contribution in [2.45, 2.75) is 219 Å². The van der Waals surface area contributed by atoms with Crippen LogP contribution in [0.1, 0.15) is 206 Å². The number of carboxylic acids is 1. The molecule has 79 heavy (non-hydrogen) atoms. The van der Waals surface area contributed by atoms with Gasteiger partial charge in [0, 0.05) is 12.8 Å². The molecule has 0 saturated carbocycles. The van der Waals surface area contributed by atoms with E-state index in [1.165, 1.54) is 25.7 Å². The van der Waals surface area contributed by atoms with Crippen LogP contribution in [0.4, 0.5) is 0 Å². The fraction of sp³-hybridized carbons (Fsp3) is 0.586. The van der Waals surface area contributed by atoms with E-state index in [-0.39, 0.29) is 38.6 Å². The summed E-state index contributed by atoms with van der Waals surface area (Å²) in [6.07, 6.45) is 84.8. The van der Waals surface area contributed by atoms with Gasteiger partial charge in [-0.15, -0.1) is 0 Å². The van der Waals surface area contributed by atoms with Crippen LogP contribution in [-0.4, -0.2) is 87.4 Å². The van der Waals surface area contributed by atoms with E-state index in [9.17, 15) is 19.5 Å². The normalized spacial score (nSPS) is 13.9. The lowest BCUT2D eigenvalue weighted by Crippen LogP contribution is -2.40. The van der Waals surface area contributed by atoms with E-state index in [4.69, 9.17) is 18.9 Å². The molecule has 0 fully saturated rings. The molecule has 2 atom stereocenters. The number of nitrogens with zero attached hydrogens (tertiary/aromatic N) is 1. The van der Waals surface area contributed by atoms with Crippen LogP contribution in [0.5, 0.6) is 0 Å². The average molecular weight is 1100 g/mol. The van der Waals surface area contributed by atoms with Gasteiger partial charge in [-0.05, 0) is 122 Å². The Balaban J connectivity index is 4.21. The number of esters is 2. The zero-order valence-electron chi connectivity index (χ0n) is 50.5. The van der Waals surface area contributed by atoms with Gasteiger partial charge in [-0.1, -0.05) is 230 Å². The first-order chi connectivity index (χ1) is 38.6. The van der Waals surface area contributed by atoms with Crippen molar-refractivity contribution in [1.29, 1.82) is 0 Å². The smallest absolute Gasteiger partial charge is 0.361 e. The van der Waals surface area contributed by atoms with Crippen molar-refractivity contribution in [2.75, 3.05) is 47.5 Å². The average Bonchev–Trinajstić information content (AvgIpc) is 3.42. The molecule has 0 amide bonds. The van der Waals surface area contributed by atoms with Crippen LogP contribution in [0.3, 0.4) is 0 Å². The first-order valence-corrected chi connectivity index (χ1v) is 30.6. The number of ether oxygens (including phenoxy) is 4. The summed E-state index contributed by atoms with van der Waals surface area (Å²) in [6, 6.07) is 0. The Labute approximate surface area is 483 Å². The monoisotopic (exact) mass is 1090 g/mol. The summed E-state index contributed by atoms with van der Waals surface area (Å²) in [5.74, 6) is -2.06. The highest BCUT2D eigenvalue weighted by Gasteiger charge is 2.25. The standard InChI is InChI=1S/C70H111NO8/c1-6-8-10-12-14-16-18-20-22-23-24-25-26-27-28-29-30-31-32-33-34-35-36-37-38-39-40-41-42-43-44-45-47-49-51-53-55-57-59-61-68(73)79-66(65-78-70(69(74)75)76-63-62-71(3,4)5)64-77-67(72)60-58-56-54-52-50-48-46-21-19-17-15-13-11-9-7-2/h8-11,14-17,20-22,24-25,27-28,30-31,33-34,36-37,39-40,42-43,46,66,70H,6-7,12-13,18-19,23,26,29,32,35,38,41,44-45,47-65H2,1-5H3/p+1/b10-8-,11-9-,16-14-,17-15-,22-20-,25-24-,28-27-,31-30-,34-33-,37-36-,40-39-,43-42-,46-21-. The number of quaternary nitrogens is 1. The number of hydrogen-bond acceptors (Lipinski definition) is 7. The maximum Gasteiger partial charge on any atom is 0.361 e. The van der Waals surface area contributed by atoms with Crippen LogP contribution >= 0.6 is 0 Å². The topological polar surface area (TPSA) is 108 Å². The summed E-state index contributed by atoms with van der Waals surface area (Å²) in [5, 5.41) is 9.70. The predicted molar refractivity (Wildman–Crippen MR) is 336 cm³/mol. The number of rotatable bonds is 54. The maximum absolute atomic E-state index is 12.9. The van der Waals surface area contributed by atoms with Gasteiger partial charge in [0.1, 0.15) is 13.2 Å². The lowest BCUT2D eigenvalue weighted by atomic mass is 10.1. The highest BCUT2D eigenvalue weighted by molar-refractivity contribution is 5.71. The van der Waals surface area contributed by atoms with Crippen LogP contribution in [0.15, 0.2) is 158 Å². The van der Waals surface area contributed by atoms with Crippen LogP contribution in [0.2, 0.25) is 0 Å². The Bertz CT molecular complexity index is 1850.